The summed E-state index contributed by atoms with van der Waals surface area (Å²) in [6.45, 7) is 1.50. The fourth-order valence-electron chi connectivity index (χ4n) is 2.36. The highest BCUT2D eigenvalue weighted by atomic mass is 32.2. The van der Waals surface area contributed by atoms with Crippen LogP contribution < -0.4 is 10.5 Å². The minimum Gasteiger partial charge on any atom is -0.326 e. The molecule has 2 atom stereocenters. The zero-order valence-electron chi connectivity index (χ0n) is 11.1. The van der Waals surface area contributed by atoms with E-state index in [1.165, 1.54) is 6.92 Å². The Morgan fingerprint density at radius 1 is 1.60 bits per heavy atom. The van der Waals surface area contributed by atoms with E-state index < -0.39 is 11.8 Å². The second-order valence-corrected chi connectivity index (χ2v) is 5.78. The predicted octanol–water partition coefficient (Wildman–Crippen LogP) is 3.06. The van der Waals surface area contributed by atoms with Crippen LogP contribution in [-0.4, -0.2) is 16.8 Å². The lowest BCUT2D eigenvalue weighted by Crippen LogP contribution is -2.37. The van der Waals surface area contributed by atoms with Gasteiger partial charge in [-0.05, 0) is 36.9 Å². The van der Waals surface area contributed by atoms with E-state index in [1.54, 1.807) is 18.3 Å². The van der Waals surface area contributed by atoms with Gasteiger partial charge in [0, 0.05) is 30.1 Å². The second-order valence-electron chi connectivity index (χ2n) is 5.12. The first kappa shape index (κ1) is 15.2. The van der Waals surface area contributed by atoms with Gasteiger partial charge in [0.05, 0.1) is 0 Å². The van der Waals surface area contributed by atoms with Crippen LogP contribution in [0.15, 0.2) is 23.4 Å². The average molecular weight is 301 g/mol. The predicted molar refractivity (Wildman–Crippen MR) is 74.4 cm³/mol. The van der Waals surface area contributed by atoms with Gasteiger partial charge in [0.1, 0.15) is 5.03 Å². The smallest absolute Gasteiger partial charge is 0.250 e. The fraction of sp³-hybridized carbons (Fsp3) is 0.538. The van der Waals surface area contributed by atoms with Crippen LogP contribution in [0.3, 0.4) is 0 Å². The molecular weight excluding hydrogens is 284 g/mol. The highest BCUT2D eigenvalue weighted by molar-refractivity contribution is 7.97. The topological polar surface area (TPSA) is 68.0 Å². The van der Waals surface area contributed by atoms with Crippen LogP contribution >= 0.6 is 11.9 Å². The lowest BCUT2D eigenvalue weighted by molar-refractivity contribution is -0.129. The van der Waals surface area contributed by atoms with Crippen LogP contribution in [0.5, 0.6) is 0 Å². The number of alkyl halides is 2. The summed E-state index contributed by atoms with van der Waals surface area (Å²) in [6.07, 6.45) is 1.74. The monoisotopic (exact) mass is 301 g/mol. The summed E-state index contributed by atoms with van der Waals surface area (Å²) in [4.78, 5) is 16.1. The number of nitrogens with one attached hydrogen (secondary N) is 1. The van der Waals surface area contributed by atoms with Crippen LogP contribution in [0, 0.1) is 11.8 Å². The Bertz CT molecular complexity index is 498. The molecule has 4 nitrogen and oxygen atoms in total. The van der Waals surface area contributed by atoms with Gasteiger partial charge in [-0.2, -0.15) is 0 Å². The van der Waals surface area contributed by atoms with Crippen molar-refractivity contribution in [1.29, 1.82) is 0 Å². The summed E-state index contributed by atoms with van der Waals surface area (Å²) in [5, 5.41) is 8.73. The maximum Gasteiger partial charge on any atom is 0.250 e. The van der Waals surface area contributed by atoms with Crippen molar-refractivity contribution >= 4 is 23.5 Å². The maximum atomic E-state index is 13.4. The van der Waals surface area contributed by atoms with E-state index in [9.17, 15) is 13.6 Å². The molecule has 0 aromatic carbocycles. The molecular formula is C13H17F2N3OS. The largest absolute Gasteiger partial charge is 0.326 e. The van der Waals surface area contributed by atoms with Gasteiger partial charge in [-0.3, -0.25) is 9.93 Å². The van der Waals surface area contributed by atoms with E-state index in [0.29, 0.717) is 10.7 Å². The van der Waals surface area contributed by atoms with E-state index in [0.717, 1.165) is 11.9 Å². The Kier molecular flexibility index (Phi) is 4.59. The highest BCUT2D eigenvalue weighted by Crippen LogP contribution is 2.41. The summed E-state index contributed by atoms with van der Waals surface area (Å²) >= 11 is 0.984. The summed E-state index contributed by atoms with van der Waals surface area (Å²) < 4.78 is 26.8. The number of anilines is 1. The maximum absolute atomic E-state index is 13.4. The molecule has 3 N–H and O–H groups in total. The van der Waals surface area contributed by atoms with Crippen molar-refractivity contribution < 1.29 is 13.6 Å². The van der Waals surface area contributed by atoms with Crippen molar-refractivity contribution in [2.24, 2.45) is 17.0 Å². The SMILES string of the molecule is CC1CC(C(=O)Nc2ccnc(SN)c2)CCC1(F)F. The average Bonchev–Trinajstić information content (AvgIpc) is 2.42. The number of aromatic nitrogens is 1. The molecule has 7 heteroatoms. The van der Waals surface area contributed by atoms with Crippen LogP contribution in [0.4, 0.5) is 14.5 Å². The Morgan fingerprint density at radius 2 is 2.35 bits per heavy atom. The number of rotatable bonds is 3. The zero-order chi connectivity index (χ0) is 14.8. The minimum absolute atomic E-state index is 0.211. The molecule has 1 fully saturated rings. The quantitative estimate of drug-likeness (QED) is 0.842. The number of nitrogens with two attached hydrogens (primary N) is 1. The number of pyridine rings is 1. The second kappa shape index (κ2) is 6.05. The Labute approximate surface area is 120 Å². The minimum atomic E-state index is -2.66. The van der Waals surface area contributed by atoms with Crippen LogP contribution in [-0.2, 0) is 4.79 Å². The zero-order valence-corrected chi connectivity index (χ0v) is 11.9. The number of amides is 1. The van der Waals surface area contributed by atoms with Gasteiger partial charge < -0.3 is 5.32 Å². The first-order chi connectivity index (χ1) is 9.42. The summed E-state index contributed by atoms with van der Waals surface area (Å²) in [5.74, 6) is -4.01. The molecule has 20 heavy (non-hydrogen) atoms. The van der Waals surface area contributed by atoms with Crippen LogP contribution in [0.2, 0.25) is 0 Å². The molecule has 0 saturated heterocycles. The molecule has 0 aliphatic heterocycles. The number of hydrogen-bond donors (Lipinski definition) is 2. The summed E-state index contributed by atoms with van der Waals surface area (Å²) in [7, 11) is 0. The van der Waals surface area contributed by atoms with Crippen molar-refractivity contribution in [1.82, 2.24) is 4.98 Å². The third kappa shape index (κ3) is 3.46. The molecule has 2 rings (SSSR count). The number of halogens is 2. The van der Waals surface area contributed by atoms with Gasteiger partial charge >= 0.3 is 0 Å². The normalized spacial score (nSPS) is 25.2. The van der Waals surface area contributed by atoms with E-state index in [2.05, 4.69) is 10.3 Å². The third-order valence-electron chi connectivity index (χ3n) is 3.68. The molecule has 110 valence electrons. The molecule has 1 amide bonds. The number of hydrogen-bond acceptors (Lipinski definition) is 4. The van der Waals surface area contributed by atoms with E-state index in [4.69, 9.17) is 5.14 Å². The molecule has 1 aliphatic carbocycles. The van der Waals surface area contributed by atoms with Crippen LogP contribution in [0.25, 0.3) is 0 Å². The molecule has 2 unspecified atom stereocenters. The Balaban J connectivity index is 1.98. The lowest BCUT2D eigenvalue weighted by atomic mass is 9.79. The van der Waals surface area contributed by atoms with Crippen molar-refractivity contribution in [3.8, 4) is 0 Å². The van der Waals surface area contributed by atoms with Crippen molar-refractivity contribution in [3.05, 3.63) is 18.3 Å². The highest BCUT2D eigenvalue weighted by Gasteiger charge is 2.43. The van der Waals surface area contributed by atoms with Gasteiger partial charge in [-0.1, -0.05) is 6.92 Å². The van der Waals surface area contributed by atoms with E-state index in [1.807, 2.05) is 0 Å². The molecule has 0 radical (unpaired) electrons. The molecule has 1 aromatic rings. The van der Waals surface area contributed by atoms with Gasteiger partial charge in [0.2, 0.25) is 5.91 Å². The third-order valence-corrected chi connectivity index (χ3v) is 4.14. The first-order valence-electron chi connectivity index (χ1n) is 6.44. The summed E-state index contributed by atoms with van der Waals surface area (Å²) in [6, 6.07) is 3.31. The van der Waals surface area contributed by atoms with E-state index >= 15 is 0 Å². The fourth-order valence-corrected chi connectivity index (χ4v) is 2.68. The molecule has 1 aliphatic rings. The molecule has 0 spiro atoms. The molecule has 1 heterocycles. The van der Waals surface area contributed by atoms with Gasteiger partial charge in [-0.15, -0.1) is 0 Å². The van der Waals surface area contributed by atoms with Gasteiger partial charge in [-0.25, -0.2) is 13.8 Å². The van der Waals surface area contributed by atoms with Crippen molar-refractivity contribution in [2.45, 2.75) is 37.1 Å². The van der Waals surface area contributed by atoms with Crippen LogP contribution in [0.1, 0.15) is 26.2 Å². The lowest BCUT2D eigenvalue weighted by Gasteiger charge is -2.33. The van der Waals surface area contributed by atoms with Gasteiger partial charge in [0.25, 0.3) is 5.92 Å². The van der Waals surface area contributed by atoms with Crippen molar-refractivity contribution in [2.75, 3.05) is 5.32 Å². The number of carbonyl (C=O) groups is 1. The number of carbonyl (C=O) groups excluding carboxylic acids is 1. The standard InChI is InChI=1S/C13H17F2N3OS/c1-8-6-9(2-4-13(8,14)15)12(19)18-10-3-5-17-11(7-10)20-16/h3,5,7-9H,2,4,6,16H2,1H3,(H,17,18,19). The van der Waals surface area contributed by atoms with E-state index in [-0.39, 0.29) is 31.1 Å². The van der Waals surface area contributed by atoms with Gasteiger partial charge in [0.15, 0.2) is 0 Å². The summed E-state index contributed by atoms with van der Waals surface area (Å²) in [5.41, 5.74) is 0.586. The van der Waals surface area contributed by atoms with Crippen molar-refractivity contribution in [3.63, 3.8) is 0 Å². The molecule has 1 saturated carbocycles. The molecule has 1 aromatic heterocycles. The number of nitrogens with zero attached hydrogens (tertiary/aromatic N) is 1. The first-order valence-corrected chi connectivity index (χ1v) is 7.32. The Hall–Kier alpha value is -1.21. The molecule has 0 bridgehead atoms. The Morgan fingerprint density at radius 3 is 3.00 bits per heavy atom.